The van der Waals surface area contributed by atoms with Crippen LogP contribution in [0.4, 0.5) is 8.78 Å². The minimum absolute atomic E-state index is 0.0677. The van der Waals surface area contributed by atoms with E-state index in [9.17, 15) is 8.78 Å². The van der Waals surface area contributed by atoms with Crippen LogP contribution >= 0.6 is 12.6 Å². The van der Waals surface area contributed by atoms with E-state index in [0.717, 1.165) is 6.42 Å². The fourth-order valence-corrected chi connectivity index (χ4v) is 1.84. The van der Waals surface area contributed by atoms with Crippen molar-refractivity contribution in [2.45, 2.75) is 31.6 Å². The van der Waals surface area contributed by atoms with Gasteiger partial charge in [-0.1, -0.05) is 6.42 Å². The minimum atomic E-state index is -2.43. The highest BCUT2D eigenvalue weighted by Crippen LogP contribution is 2.38. The molecular weight excluding hydrogens is 154 g/mol. The normalized spacial score (nSPS) is 32.1. The number of hydrogen-bond donors (Lipinski definition) is 1. The van der Waals surface area contributed by atoms with Crippen molar-refractivity contribution in [1.82, 2.24) is 0 Å². The van der Waals surface area contributed by atoms with Gasteiger partial charge in [-0.2, -0.15) is 12.6 Å². The predicted octanol–water partition coefficient (Wildman–Crippen LogP) is 2.74. The van der Waals surface area contributed by atoms with E-state index in [1.807, 2.05) is 0 Å². The lowest BCUT2D eigenvalue weighted by atomic mass is 9.87. The Kier molecular flexibility index (Phi) is 2.55. The summed E-state index contributed by atoms with van der Waals surface area (Å²) >= 11 is 3.90. The zero-order valence-corrected chi connectivity index (χ0v) is 6.71. The van der Waals surface area contributed by atoms with Crippen LogP contribution in [0.2, 0.25) is 0 Å². The molecule has 10 heavy (non-hydrogen) atoms. The summed E-state index contributed by atoms with van der Waals surface area (Å²) in [6.07, 6.45) is 2.34. The van der Waals surface area contributed by atoms with Gasteiger partial charge in [-0.15, -0.1) is 0 Å². The molecule has 0 nitrogen and oxygen atoms in total. The summed E-state index contributed by atoms with van der Waals surface area (Å²) in [4.78, 5) is 0. The smallest absolute Gasteiger partial charge is 0.207 e. The summed E-state index contributed by atoms with van der Waals surface area (Å²) in [5, 5.41) is 0. The maximum Gasteiger partial charge on any atom is 0.251 e. The number of hydrogen-bond acceptors (Lipinski definition) is 1. The van der Waals surface area contributed by atoms with Crippen LogP contribution in [0.1, 0.15) is 25.7 Å². The van der Waals surface area contributed by atoms with E-state index >= 15 is 0 Å². The standard InChI is InChI=1S/C7H12F2S/c8-7(9)4-2-1-3-6(7)5-10/h6,10H,1-5H2/t6-/m1/s1. The molecule has 0 aromatic heterocycles. The number of halogens is 2. The van der Waals surface area contributed by atoms with Crippen molar-refractivity contribution >= 4 is 12.6 Å². The van der Waals surface area contributed by atoms with Gasteiger partial charge in [0.2, 0.25) is 0 Å². The Morgan fingerprint density at radius 1 is 1.40 bits per heavy atom. The maximum atomic E-state index is 12.8. The first-order valence-electron chi connectivity index (χ1n) is 3.65. The van der Waals surface area contributed by atoms with E-state index < -0.39 is 11.8 Å². The van der Waals surface area contributed by atoms with E-state index in [1.165, 1.54) is 0 Å². The van der Waals surface area contributed by atoms with Crippen molar-refractivity contribution in [2.75, 3.05) is 5.75 Å². The van der Waals surface area contributed by atoms with Gasteiger partial charge < -0.3 is 0 Å². The molecule has 0 aromatic rings. The molecule has 60 valence electrons. The fourth-order valence-electron chi connectivity index (χ4n) is 1.39. The van der Waals surface area contributed by atoms with Gasteiger partial charge in [-0.3, -0.25) is 0 Å². The number of thiol groups is 1. The second-order valence-electron chi connectivity index (χ2n) is 2.89. The molecule has 3 heteroatoms. The third-order valence-corrected chi connectivity index (χ3v) is 2.57. The van der Waals surface area contributed by atoms with Crippen LogP contribution in [-0.4, -0.2) is 11.7 Å². The Hall–Kier alpha value is 0.210. The molecule has 0 heterocycles. The first-order chi connectivity index (χ1) is 4.67. The Morgan fingerprint density at radius 3 is 2.50 bits per heavy atom. The Balaban J connectivity index is 2.51. The minimum Gasteiger partial charge on any atom is -0.207 e. The second-order valence-corrected chi connectivity index (χ2v) is 3.25. The van der Waals surface area contributed by atoms with Gasteiger partial charge in [0.25, 0.3) is 5.92 Å². The van der Waals surface area contributed by atoms with Gasteiger partial charge in [0.1, 0.15) is 0 Å². The first-order valence-corrected chi connectivity index (χ1v) is 4.29. The Morgan fingerprint density at radius 2 is 2.10 bits per heavy atom. The average Bonchev–Trinajstić information content (AvgIpc) is 1.87. The molecule has 1 aliphatic rings. The molecule has 1 saturated carbocycles. The lowest BCUT2D eigenvalue weighted by molar-refractivity contribution is -0.0763. The molecule has 0 N–H and O–H groups in total. The molecule has 0 radical (unpaired) electrons. The van der Waals surface area contributed by atoms with Crippen LogP contribution in [0.15, 0.2) is 0 Å². The largest absolute Gasteiger partial charge is 0.251 e. The summed E-state index contributed by atoms with van der Waals surface area (Å²) in [6.45, 7) is 0. The van der Waals surface area contributed by atoms with Gasteiger partial charge >= 0.3 is 0 Å². The Bertz CT molecular complexity index is 114. The van der Waals surface area contributed by atoms with Gasteiger partial charge in [0, 0.05) is 12.3 Å². The molecule has 1 fully saturated rings. The average molecular weight is 166 g/mol. The zero-order valence-electron chi connectivity index (χ0n) is 5.82. The van der Waals surface area contributed by atoms with E-state index in [2.05, 4.69) is 12.6 Å². The molecule has 1 atom stereocenters. The molecule has 0 saturated heterocycles. The molecule has 0 unspecified atom stereocenters. The highest BCUT2D eigenvalue weighted by atomic mass is 32.1. The molecule has 1 rings (SSSR count). The van der Waals surface area contributed by atoms with Crippen LogP contribution in [0.25, 0.3) is 0 Å². The maximum absolute atomic E-state index is 12.8. The number of rotatable bonds is 1. The van der Waals surface area contributed by atoms with Crippen molar-refractivity contribution in [3.8, 4) is 0 Å². The highest BCUT2D eigenvalue weighted by molar-refractivity contribution is 7.80. The molecule has 1 aliphatic carbocycles. The van der Waals surface area contributed by atoms with Crippen molar-refractivity contribution < 1.29 is 8.78 Å². The first kappa shape index (κ1) is 8.31. The quantitative estimate of drug-likeness (QED) is 0.569. The topological polar surface area (TPSA) is 0 Å². The van der Waals surface area contributed by atoms with Crippen LogP contribution in [-0.2, 0) is 0 Å². The molecule has 0 aromatic carbocycles. The molecule has 0 bridgehead atoms. The lowest BCUT2D eigenvalue weighted by Gasteiger charge is -2.29. The summed E-state index contributed by atoms with van der Waals surface area (Å²) in [5.74, 6) is -2.57. The van der Waals surface area contributed by atoms with Crippen LogP contribution in [0.5, 0.6) is 0 Å². The van der Waals surface area contributed by atoms with Crippen LogP contribution < -0.4 is 0 Å². The second kappa shape index (κ2) is 3.07. The van der Waals surface area contributed by atoms with Gasteiger partial charge in [-0.05, 0) is 18.6 Å². The molecule has 0 aliphatic heterocycles. The zero-order chi connectivity index (χ0) is 7.61. The third kappa shape index (κ3) is 1.62. The predicted molar refractivity (Wildman–Crippen MR) is 40.8 cm³/mol. The monoisotopic (exact) mass is 166 g/mol. The van der Waals surface area contributed by atoms with E-state index in [1.54, 1.807) is 0 Å². The SMILES string of the molecule is FC1(F)CCCC[C@@H]1CS. The van der Waals surface area contributed by atoms with Crippen molar-refractivity contribution in [3.05, 3.63) is 0 Å². The van der Waals surface area contributed by atoms with Gasteiger partial charge in [-0.25, -0.2) is 8.78 Å². The van der Waals surface area contributed by atoms with E-state index in [-0.39, 0.29) is 6.42 Å². The summed E-state index contributed by atoms with van der Waals surface area (Å²) in [5.41, 5.74) is 0. The van der Waals surface area contributed by atoms with E-state index in [4.69, 9.17) is 0 Å². The Labute approximate surface area is 65.4 Å². The molecular formula is C7H12F2S. The summed E-state index contributed by atoms with van der Waals surface area (Å²) < 4.78 is 25.6. The number of alkyl halides is 2. The van der Waals surface area contributed by atoms with Gasteiger partial charge in [0.15, 0.2) is 0 Å². The highest BCUT2D eigenvalue weighted by Gasteiger charge is 2.40. The molecule has 0 spiro atoms. The summed E-state index contributed by atoms with van der Waals surface area (Å²) in [6, 6.07) is 0. The van der Waals surface area contributed by atoms with Crippen molar-refractivity contribution in [3.63, 3.8) is 0 Å². The van der Waals surface area contributed by atoms with Crippen molar-refractivity contribution in [2.24, 2.45) is 5.92 Å². The van der Waals surface area contributed by atoms with Gasteiger partial charge in [0.05, 0.1) is 0 Å². The van der Waals surface area contributed by atoms with E-state index in [0.29, 0.717) is 18.6 Å². The molecule has 0 amide bonds. The summed E-state index contributed by atoms with van der Waals surface area (Å²) in [7, 11) is 0. The van der Waals surface area contributed by atoms with Crippen molar-refractivity contribution in [1.29, 1.82) is 0 Å². The van der Waals surface area contributed by atoms with Crippen LogP contribution in [0.3, 0.4) is 0 Å². The third-order valence-electron chi connectivity index (χ3n) is 2.13. The van der Waals surface area contributed by atoms with Crippen LogP contribution in [0, 0.1) is 5.92 Å². The lowest BCUT2D eigenvalue weighted by Crippen LogP contribution is -2.32. The fraction of sp³-hybridized carbons (Fsp3) is 1.00.